The molecule has 118 valence electrons. The highest BCUT2D eigenvalue weighted by Crippen LogP contribution is 2.40. The van der Waals surface area contributed by atoms with E-state index in [0.29, 0.717) is 12.5 Å². The number of methoxy groups -OCH3 is 1. The molecule has 2 atom stereocenters. The van der Waals surface area contributed by atoms with Crippen LogP contribution < -0.4 is 4.74 Å². The van der Waals surface area contributed by atoms with Gasteiger partial charge in [0.25, 0.3) is 0 Å². The van der Waals surface area contributed by atoms with Crippen molar-refractivity contribution in [3.63, 3.8) is 0 Å². The molecular weight excluding hydrogens is 264 g/mol. The molecule has 0 radical (unpaired) electrons. The Bertz CT molecular complexity index is 465. The molecule has 0 aliphatic heterocycles. The zero-order chi connectivity index (χ0) is 16.0. The summed E-state index contributed by atoms with van der Waals surface area (Å²) in [6.45, 7) is 10.7. The summed E-state index contributed by atoms with van der Waals surface area (Å²) < 4.78 is 10.6. The van der Waals surface area contributed by atoms with Crippen LogP contribution in [0.15, 0.2) is 24.3 Å². The Labute approximate surface area is 128 Å². The maximum absolute atomic E-state index is 12.0. The lowest BCUT2D eigenvalue weighted by Gasteiger charge is -2.33. The van der Waals surface area contributed by atoms with Crippen molar-refractivity contribution in [3.05, 3.63) is 29.8 Å². The average molecular weight is 292 g/mol. The van der Waals surface area contributed by atoms with E-state index in [4.69, 9.17) is 9.47 Å². The predicted molar refractivity (Wildman–Crippen MR) is 85.6 cm³/mol. The molecule has 3 nitrogen and oxygen atoms in total. The van der Waals surface area contributed by atoms with E-state index in [9.17, 15) is 4.79 Å². The van der Waals surface area contributed by atoms with E-state index in [1.165, 1.54) is 5.56 Å². The minimum absolute atomic E-state index is 0.116. The van der Waals surface area contributed by atoms with E-state index < -0.39 is 0 Å². The van der Waals surface area contributed by atoms with E-state index in [1.54, 1.807) is 7.11 Å². The minimum Gasteiger partial charge on any atom is -0.496 e. The van der Waals surface area contributed by atoms with Crippen molar-refractivity contribution in [1.29, 1.82) is 0 Å². The van der Waals surface area contributed by atoms with Crippen LogP contribution >= 0.6 is 0 Å². The Hall–Kier alpha value is -1.51. The van der Waals surface area contributed by atoms with Crippen LogP contribution in [0.2, 0.25) is 0 Å². The van der Waals surface area contributed by atoms with Gasteiger partial charge in [-0.05, 0) is 36.3 Å². The molecule has 0 spiro atoms. The molecule has 0 saturated carbocycles. The van der Waals surface area contributed by atoms with Gasteiger partial charge in [0.05, 0.1) is 19.6 Å². The zero-order valence-corrected chi connectivity index (χ0v) is 14.1. The van der Waals surface area contributed by atoms with Gasteiger partial charge in [0.1, 0.15) is 5.75 Å². The van der Waals surface area contributed by atoms with E-state index in [0.717, 1.165) is 12.2 Å². The van der Waals surface area contributed by atoms with Crippen LogP contribution in [0.3, 0.4) is 0 Å². The number of hydrogen-bond donors (Lipinski definition) is 0. The highest BCUT2D eigenvalue weighted by Gasteiger charge is 2.34. The predicted octanol–water partition coefficient (Wildman–Crippen LogP) is 4.41. The summed E-state index contributed by atoms with van der Waals surface area (Å²) in [5.41, 5.74) is 1.05. The molecule has 1 aromatic carbocycles. The second-order valence-electron chi connectivity index (χ2n) is 6.31. The molecule has 0 aliphatic carbocycles. The van der Waals surface area contributed by atoms with Gasteiger partial charge in [0.2, 0.25) is 0 Å². The van der Waals surface area contributed by atoms with Gasteiger partial charge >= 0.3 is 5.97 Å². The molecule has 3 heteroatoms. The highest BCUT2D eigenvalue weighted by atomic mass is 16.5. The first-order valence-corrected chi connectivity index (χ1v) is 7.63. The molecule has 0 aliphatic rings. The van der Waals surface area contributed by atoms with Gasteiger partial charge in [0, 0.05) is 0 Å². The molecule has 0 fully saturated rings. The molecule has 0 heterocycles. The third-order valence-electron chi connectivity index (χ3n) is 4.31. The first kappa shape index (κ1) is 17.5. The molecule has 21 heavy (non-hydrogen) atoms. The maximum Gasteiger partial charge on any atom is 0.309 e. The normalized spacial score (nSPS) is 14.4. The van der Waals surface area contributed by atoms with Crippen LogP contribution in [-0.4, -0.2) is 19.7 Å². The average Bonchev–Trinajstić information content (AvgIpc) is 2.46. The smallest absolute Gasteiger partial charge is 0.309 e. The molecule has 0 amide bonds. The van der Waals surface area contributed by atoms with E-state index in [-0.39, 0.29) is 17.3 Å². The molecule has 2 unspecified atom stereocenters. The van der Waals surface area contributed by atoms with Gasteiger partial charge in [0.15, 0.2) is 0 Å². The number of ether oxygens (including phenoxy) is 2. The van der Waals surface area contributed by atoms with Crippen molar-refractivity contribution in [2.45, 2.75) is 47.0 Å². The van der Waals surface area contributed by atoms with Crippen LogP contribution in [0.25, 0.3) is 0 Å². The topological polar surface area (TPSA) is 35.5 Å². The van der Waals surface area contributed by atoms with Crippen LogP contribution in [0.4, 0.5) is 0 Å². The number of esters is 1. The number of carbonyl (C=O) groups excluding carboxylic acids is 1. The molecule has 0 aromatic heterocycles. The quantitative estimate of drug-likeness (QED) is 0.698. The van der Waals surface area contributed by atoms with Crippen molar-refractivity contribution < 1.29 is 14.3 Å². The van der Waals surface area contributed by atoms with Crippen molar-refractivity contribution in [3.8, 4) is 5.75 Å². The number of hydrogen-bond acceptors (Lipinski definition) is 3. The second kappa shape index (κ2) is 7.48. The number of benzene rings is 1. The highest BCUT2D eigenvalue weighted by molar-refractivity contribution is 5.72. The van der Waals surface area contributed by atoms with Crippen molar-refractivity contribution in [2.75, 3.05) is 13.7 Å². The first-order chi connectivity index (χ1) is 9.83. The van der Waals surface area contributed by atoms with E-state index in [1.807, 2.05) is 32.0 Å². The van der Waals surface area contributed by atoms with Crippen molar-refractivity contribution in [1.82, 2.24) is 0 Å². The molecule has 0 N–H and O–H groups in total. The monoisotopic (exact) mass is 292 g/mol. The molecule has 0 saturated heterocycles. The Morgan fingerprint density at radius 3 is 2.43 bits per heavy atom. The van der Waals surface area contributed by atoms with E-state index >= 15 is 0 Å². The first-order valence-electron chi connectivity index (χ1n) is 7.63. The standard InChI is InChI=1S/C18H28O3/c1-7-21-17(19)14(3)18(4,5)12-13(2)15-10-8-9-11-16(15)20-6/h8-11,13-14H,7,12H2,1-6H3. The third-order valence-corrected chi connectivity index (χ3v) is 4.31. The fourth-order valence-electron chi connectivity index (χ4n) is 2.74. The number of carbonyl (C=O) groups is 1. The fourth-order valence-corrected chi connectivity index (χ4v) is 2.74. The van der Waals surface area contributed by atoms with Gasteiger partial charge in [-0.1, -0.05) is 45.9 Å². The Balaban J connectivity index is 2.85. The Kier molecular flexibility index (Phi) is 6.25. The lowest BCUT2D eigenvalue weighted by Crippen LogP contribution is -2.31. The second-order valence-corrected chi connectivity index (χ2v) is 6.31. The van der Waals surface area contributed by atoms with Crippen LogP contribution in [0.5, 0.6) is 5.75 Å². The minimum atomic E-state index is -0.132. The van der Waals surface area contributed by atoms with E-state index in [2.05, 4.69) is 26.8 Å². The van der Waals surface area contributed by atoms with Gasteiger partial charge < -0.3 is 9.47 Å². The zero-order valence-electron chi connectivity index (χ0n) is 14.1. The van der Waals surface area contributed by atoms with Crippen LogP contribution in [0, 0.1) is 11.3 Å². The third kappa shape index (κ3) is 4.48. The van der Waals surface area contributed by atoms with Gasteiger partial charge in [-0.3, -0.25) is 4.79 Å². The Morgan fingerprint density at radius 2 is 1.86 bits per heavy atom. The molecule has 1 rings (SSSR count). The SMILES string of the molecule is CCOC(=O)C(C)C(C)(C)CC(C)c1ccccc1OC. The summed E-state index contributed by atoms with van der Waals surface area (Å²) in [6, 6.07) is 8.07. The lowest BCUT2D eigenvalue weighted by atomic mass is 9.72. The largest absolute Gasteiger partial charge is 0.496 e. The Morgan fingerprint density at radius 1 is 1.24 bits per heavy atom. The maximum atomic E-state index is 12.0. The molecule has 1 aromatic rings. The summed E-state index contributed by atoms with van der Waals surface area (Å²) >= 11 is 0. The fraction of sp³-hybridized carbons (Fsp3) is 0.611. The number of para-hydroxylation sites is 1. The summed E-state index contributed by atoms with van der Waals surface area (Å²) in [5.74, 6) is 0.974. The van der Waals surface area contributed by atoms with Gasteiger partial charge in [-0.2, -0.15) is 0 Å². The van der Waals surface area contributed by atoms with Gasteiger partial charge in [-0.25, -0.2) is 0 Å². The summed E-state index contributed by atoms with van der Waals surface area (Å²) in [4.78, 5) is 12.0. The number of rotatable bonds is 7. The summed E-state index contributed by atoms with van der Waals surface area (Å²) in [6.07, 6.45) is 0.896. The van der Waals surface area contributed by atoms with Crippen LogP contribution in [0.1, 0.15) is 52.5 Å². The van der Waals surface area contributed by atoms with Crippen molar-refractivity contribution in [2.24, 2.45) is 11.3 Å². The lowest BCUT2D eigenvalue weighted by molar-refractivity contribution is -0.151. The molecular formula is C18H28O3. The van der Waals surface area contributed by atoms with Crippen LogP contribution in [-0.2, 0) is 9.53 Å². The summed E-state index contributed by atoms with van der Waals surface area (Å²) in [7, 11) is 1.69. The van der Waals surface area contributed by atoms with Crippen molar-refractivity contribution >= 4 is 5.97 Å². The summed E-state index contributed by atoms with van der Waals surface area (Å²) in [5, 5.41) is 0. The van der Waals surface area contributed by atoms with Gasteiger partial charge in [-0.15, -0.1) is 0 Å². The molecule has 0 bridgehead atoms.